The third kappa shape index (κ3) is 4.89. The zero-order chi connectivity index (χ0) is 40.1. The van der Waals surface area contributed by atoms with Crippen LogP contribution in [0.4, 0.5) is 5.69 Å². The van der Waals surface area contributed by atoms with Crippen molar-refractivity contribution in [2.24, 2.45) is 0 Å². The topological polar surface area (TPSA) is 42.9 Å². The van der Waals surface area contributed by atoms with Gasteiger partial charge in [0.2, 0.25) is 5.69 Å². The van der Waals surface area contributed by atoms with Gasteiger partial charge >= 0.3 is 0 Å². The molecular weight excluding hydrogens is 719 g/mol. The number of hydrogen-bond acceptors (Lipinski definition) is 1. The predicted octanol–water partition coefficient (Wildman–Crippen LogP) is 14.3. The van der Waals surface area contributed by atoms with E-state index >= 15 is 0 Å². The Bertz CT molecular complexity index is 3340. The minimum absolute atomic E-state index is 0.417. The number of nitriles is 1. The maximum Gasteiger partial charge on any atom is 0.221 e. The predicted molar refractivity (Wildman–Crippen MR) is 245 cm³/mol. The van der Waals surface area contributed by atoms with Gasteiger partial charge in [-0.25, -0.2) is 4.85 Å². The Hall–Kier alpha value is -7.86. The highest BCUT2D eigenvalue weighted by Gasteiger charge is 2.33. The summed E-state index contributed by atoms with van der Waals surface area (Å²) >= 11 is 0. The summed E-state index contributed by atoms with van der Waals surface area (Å²) in [6, 6.07) is 56.1. The second-order valence-electron chi connectivity index (χ2n) is 15.9. The van der Waals surface area contributed by atoms with Crippen LogP contribution in [0.5, 0.6) is 0 Å². The van der Waals surface area contributed by atoms with Crippen LogP contribution in [0.25, 0.3) is 98.5 Å². The standard InChI is InChI=1S/C54H37N5/c1-32-19-23-46-39(27-32)40-28-33(2)20-24-47(40)57(46)52-43(31-55)50(36-13-7-6-8-14-36)51(56-5)53(54(52)59-44-17-11-9-15-37(44)38-16-10-12-18-45(38)59)58-48-25-21-34(3)29-41(48)42-30-35(4)22-26-49(42)58/h6-30H,1-4H3. The first kappa shape index (κ1) is 34.4. The molecule has 0 aliphatic rings. The zero-order valence-electron chi connectivity index (χ0n) is 33.2. The third-order valence-corrected chi connectivity index (χ3v) is 12.1. The molecule has 0 fully saturated rings. The Morgan fingerprint density at radius 2 is 0.797 bits per heavy atom. The van der Waals surface area contributed by atoms with Gasteiger partial charge < -0.3 is 13.7 Å². The van der Waals surface area contributed by atoms with Crippen molar-refractivity contribution in [3.8, 4) is 34.3 Å². The van der Waals surface area contributed by atoms with Gasteiger partial charge in [-0.05, 0) is 93.9 Å². The lowest BCUT2D eigenvalue weighted by atomic mass is 9.93. The van der Waals surface area contributed by atoms with Gasteiger partial charge in [-0.1, -0.05) is 113 Å². The van der Waals surface area contributed by atoms with E-state index in [4.69, 9.17) is 0 Å². The number of benzene rings is 8. The number of nitrogens with zero attached hydrogens (tertiary/aromatic N) is 5. The molecule has 11 aromatic rings. The van der Waals surface area contributed by atoms with Crippen molar-refractivity contribution >= 4 is 71.1 Å². The smallest absolute Gasteiger partial charge is 0.221 e. The number of fused-ring (bicyclic) bond motifs is 9. The summed E-state index contributed by atoms with van der Waals surface area (Å²) in [5.41, 5.74) is 15.1. The van der Waals surface area contributed by atoms with E-state index in [9.17, 15) is 11.8 Å². The molecule has 8 aromatic carbocycles. The van der Waals surface area contributed by atoms with Gasteiger partial charge in [-0.2, -0.15) is 5.26 Å². The van der Waals surface area contributed by atoms with Crippen LogP contribution in [0.15, 0.2) is 152 Å². The van der Waals surface area contributed by atoms with Gasteiger partial charge in [0.05, 0.1) is 62.3 Å². The molecule has 0 spiro atoms. The number of aryl methyl sites for hydroxylation is 4. The van der Waals surface area contributed by atoms with Crippen molar-refractivity contribution in [2.75, 3.05) is 0 Å². The van der Waals surface area contributed by atoms with Gasteiger partial charge in [0.25, 0.3) is 0 Å². The Labute approximate surface area is 341 Å². The van der Waals surface area contributed by atoms with Crippen LogP contribution in [0.2, 0.25) is 0 Å². The maximum absolute atomic E-state index is 11.8. The molecule has 0 aliphatic carbocycles. The fourth-order valence-electron chi connectivity index (χ4n) is 9.59. The van der Waals surface area contributed by atoms with Gasteiger partial charge in [0, 0.05) is 37.9 Å². The van der Waals surface area contributed by atoms with Crippen LogP contribution in [-0.2, 0) is 0 Å². The summed E-state index contributed by atoms with van der Waals surface area (Å²) in [5, 5.41) is 18.4. The van der Waals surface area contributed by atoms with Crippen molar-refractivity contribution in [1.29, 1.82) is 5.26 Å². The summed E-state index contributed by atoms with van der Waals surface area (Å²) < 4.78 is 6.92. The van der Waals surface area contributed by atoms with Crippen LogP contribution in [-0.4, -0.2) is 13.7 Å². The van der Waals surface area contributed by atoms with E-state index in [1.807, 2.05) is 30.3 Å². The highest BCUT2D eigenvalue weighted by Crippen LogP contribution is 2.52. The van der Waals surface area contributed by atoms with E-state index in [1.54, 1.807) is 0 Å². The van der Waals surface area contributed by atoms with Crippen LogP contribution in [0.1, 0.15) is 27.8 Å². The summed E-state index contributed by atoms with van der Waals surface area (Å²) in [6.07, 6.45) is 0. The molecule has 0 atom stereocenters. The van der Waals surface area contributed by atoms with Gasteiger partial charge in [0.15, 0.2) is 0 Å². The molecule has 0 amide bonds. The highest BCUT2D eigenvalue weighted by molar-refractivity contribution is 6.16. The SMILES string of the molecule is [C-]#[N+]c1c(-c2ccccc2)c(C#N)c(-n2c3ccc(C)cc3c3cc(C)ccc32)c(-n2c3ccccc3c3ccccc32)c1-n1c2ccc(C)cc2c2cc(C)ccc21. The summed E-state index contributed by atoms with van der Waals surface area (Å²) in [7, 11) is 0. The molecule has 0 bridgehead atoms. The van der Waals surface area contributed by atoms with Gasteiger partial charge in [0.1, 0.15) is 6.07 Å². The molecule has 0 unspecified atom stereocenters. The van der Waals surface area contributed by atoms with E-state index < -0.39 is 0 Å². The van der Waals surface area contributed by atoms with Crippen molar-refractivity contribution < 1.29 is 0 Å². The van der Waals surface area contributed by atoms with E-state index in [1.165, 1.54) is 0 Å². The average molecular weight is 756 g/mol. The van der Waals surface area contributed by atoms with Crippen molar-refractivity contribution in [3.05, 3.63) is 191 Å². The Kier molecular flexibility index (Phi) is 7.48. The monoisotopic (exact) mass is 755 g/mol. The minimum atomic E-state index is 0.417. The lowest BCUT2D eigenvalue weighted by Gasteiger charge is -2.27. The maximum atomic E-state index is 11.8. The van der Waals surface area contributed by atoms with Crippen LogP contribution < -0.4 is 0 Å². The summed E-state index contributed by atoms with van der Waals surface area (Å²) in [5.74, 6) is 0. The Morgan fingerprint density at radius 1 is 0.424 bits per heavy atom. The first-order chi connectivity index (χ1) is 28.9. The van der Waals surface area contributed by atoms with Crippen LogP contribution in [0, 0.1) is 45.6 Å². The molecule has 0 N–H and O–H groups in total. The van der Waals surface area contributed by atoms with E-state index in [0.717, 1.165) is 110 Å². The second-order valence-corrected chi connectivity index (χ2v) is 15.9. The summed E-state index contributed by atoms with van der Waals surface area (Å²) in [6.45, 7) is 17.7. The fraction of sp³-hybridized carbons (Fsp3) is 0.0741. The molecule has 0 aliphatic heterocycles. The van der Waals surface area contributed by atoms with E-state index in [-0.39, 0.29) is 0 Å². The molecule has 278 valence electrons. The second kappa shape index (κ2) is 12.8. The first-order valence-corrected chi connectivity index (χ1v) is 20.0. The quantitative estimate of drug-likeness (QED) is 0.165. The fourth-order valence-corrected chi connectivity index (χ4v) is 9.59. The third-order valence-electron chi connectivity index (χ3n) is 12.1. The number of para-hydroxylation sites is 2. The zero-order valence-corrected chi connectivity index (χ0v) is 33.2. The molecule has 0 saturated heterocycles. The average Bonchev–Trinajstić information content (AvgIpc) is 3.87. The largest absolute Gasteiger partial charge is 0.317 e. The molecule has 0 saturated carbocycles. The minimum Gasteiger partial charge on any atom is -0.317 e. The molecular formula is C54H37N5. The van der Waals surface area contributed by atoms with Gasteiger partial charge in [-0.3, -0.25) is 0 Å². The van der Waals surface area contributed by atoms with E-state index in [2.05, 4.69) is 174 Å². The molecule has 3 aromatic heterocycles. The Morgan fingerprint density at radius 3 is 1.22 bits per heavy atom. The lowest BCUT2D eigenvalue weighted by molar-refractivity contribution is 1.05. The number of hydrogen-bond donors (Lipinski definition) is 0. The normalized spacial score (nSPS) is 11.7. The molecule has 59 heavy (non-hydrogen) atoms. The van der Waals surface area contributed by atoms with E-state index in [0.29, 0.717) is 16.8 Å². The van der Waals surface area contributed by atoms with Crippen molar-refractivity contribution in [3.63, 3.8) is 0 Å². The first-order valence-electron chi connectivity index (χ1n) is 20.0. The van der Waals surface area contributed by atoms with Crippen molar-refractivity contribution in [2.45, 2.75) is 27.7 Å². The molecule has 11 rings (SSSR count). The van der Waals surface area contributed by atoms with Gasteiger partial charge in [-0.15, -0.1) is 0 Å². The Balaban J connectivity index is 1.51. The van der Waals surface area contributed by atoms with Crippen LogP contribution in [0.3, 0.4) is 0 Å². The van der Waals surface area contributed by atoms with Crippen molar-refractivity contribution in [1.82, 2.24) is 13.7 Å². The molecule has 5 nitrogen and oxygen atoms in total. The number of aromatic nitrogens is 3. The molecule has 3 heterocycles. The number of rotatable bonds is 4. The molecule has 0 radical (unpaired) electrons. The lowest BCUT2D eigenvalue weighted by Crippen LogP contribution is -2.13. The molecule has 5 heteroatoms. The highest BCUT2D eigenvalue weighted by atomic mass is 15.1. The van der Waals surface area contributed by atoms with Crippen LogP contribution >= 0.6 is 0 Å². The summed E-state index contributed by atoms with van der Waals surface area (Å²) in [4.78, 5) is 4.52.